The van der Waals surface area contributed by atoms with Crippen molar-refractivity contribution in [2.75, 3.05) is 5.32 Å². The summed E-state index contributed by atoms with van der Waals surface area (Å²) in [4.78, 5) is 0. The molecule has 0 radical (unpaired) electrons. The highest BCUT2D eigenvalue weighted by molar-refractivity contribution is 7.80. The first-order valence-corrected chi connectivity index (χ1v) is 7.70. The second-order valence-electron chi connectivity index (χ2n) is 4.96. The first-order chi connectivity index (χ1) is 10.1. The molecule has 1 heterocycles. The third-order valence-electron chi connectivity index (χ3n) is 3.14. The van der Waals surface area contributed by atoms with Crippen LogP contribution in [0.1, 0.15) is 25.8 Å². The third kappa shape index (κ3) is 5.02. The third-order valence-corrected chi connectivity index (χ3v) is 3.61. The average Bonchev–Trinajstić information content (AvgIpc) is 2.88. The van der Waals surface area contributed by atoms with E-state index < -0.39 is 0 Å². The van der Waals surface area contributed by atoms with Crippen molar-refractivity contribution in [1.82, 2.24) is 15.1 Å². The summed E-state index contributed by atoms with van der Waals surface area (Å²) in [5, 5.41) is 12.0. The minimum Gasteiger partial charge on any atom is -0.360 e. The van der Waals surface area contributed by atoms with Crippen molar-refractivity contribution in [3.8, 4) is 0 Å². The zero-order valence-electron chi connectivity index (χ0n) is 12.1. The van der Waals surface area contributed by atoms with Crippen molar-refractivity contribution in [3.05, 3.63) is 47.2 Å². The molecule has 6 heteroatoms. The summed E-state index contributed by atoms with van der Waals surface area (Å²) in [5.41, 5.74) is 2.03. The summed E-state index contributed by atoms with van der Waals surface area (Å²) in [5.74, 6) is 0. The summed E-state index contributed by atoms with van der Waals surface area (Å²) in [7, 11) is 0. The fourth-order valence-corrected chi connectivity index (χ4v) is 2.23. The molecule has 0 unspecified atom stereocenters. The molecule has 0 saturated carbocycles. The first-order valence-electron chi connectivity index (χ1n) is 6.91. The molecule has 1 aromatic carbocycles. The minimum atomic E-state index is 0.356. The Hall–Kier alpha value is -1.59. The monoisotopic (exact) mass is 322 g/mol. The summed E-state index contributed by atoms with van der Waals surface area (Å²) in [6.07, 6.45) is 4.72. The van der Waals surface area contributed by atoms with E-state index in [4.69, 9.17) is 23.8 Å². The fourth-order valence-electron chi connectivity index (χ4n) is 1.78. The molecule has 0 saturated heterocycles. The fraction of sp³-hybridized carbons (Fsp3) is 0.333. The number of halogens is 1. The molecule has 1 atom stereocenters. The molecule has 0 aliphatic heterocycles. The Morgan fingerprint density at radius 2 is 2.10 bits per heavy atom. The number of hydrogen-bond donors (Lipinski definition) is 2. The quantitative estimate of drug-likeness (QED) is 0.824. The van der Waals surface area contributed by atoms with Crippen LogP contribution in [0, 0.1) is 0 Å². The van der Waals surface area contributed by atoms with Gasteiger partial charge in [0, 0.05) is 17.3 Å². The standard InChI is InChI=1S/C15H19ClN4S/c1-3-11(2)18-15(21)19-14-8-17-20(10-14)9-12-4-6-13(16)7-5-12/h4-8,10-11H,3,9H2,1-2H3,(H2,18,19,21)/t11-/m0/s1. The van der Waals surface area contributed by atoms with Crippen LogP contribution < -0.4 is 10.6 Å². The molecule has 2 rings (SSSR count). The highest BCUT2D eigenvalue weighted by atomic mass is 35.5. The molecule has 2 N–H and O–H groups in total. The number of aromatic nitrogens is 2. The van der Waals surface area contributed by atoms with E-state index in [2.05, 4.69) is 29.6 Å². The van der Waals surface area contributed by atoms with E-state index in [1.807, 2.05) is 35.1 Å². The Morgan fingerprint density at radius 3 is 2.76 bits per heavy atom. The number of nitrogens with zero attached hydrogens (tertiary/aromatic N) is 2. The Kier molecular flexibility index (Phi) is 5.59. The Bertz CT molecular complexity index is 594. The van der Waals surface area contributed by atoms with Gasteiger partial charge in [-0.1, -0.05) is 30.7 Å². The molecule has 0 fully saturated rings. The van der Waals surface area contributed by atoms with E-state index >= 15 is 0 Å². The molecule has 0 spiro atoms. The van der Waals surface area contributed by atoms with Crippen molar-refractivity contribution in [1.29, 1.82) is 0 Å². The molecule has 0 aliphatic carbocycles. The minimum absolute atomic E-state index is 0.356. The lowest BCUT2D eigenvalue weighted by Gasteiger charge is -2.14. The lowest BCUT2D eigenvalue weighted by molar-refractivity contribution is 0.646. The molecule has 1 aromatic heterocycles. The van der Waals surface area contributed by atoms with Gasteiger partial charge >= 0.3 is 0 Å². The SMILES string of the molecule is CC[C@H](C)NC(=S)Nc1cnn(Cc2ccc(Cl)cc2)c1. The second kappa shape index (κ2) is 7.43. The van der Waals surface area contributed by atoms with Gasteiger partial charge in [0.2, 0.25) is 0 Å². The second-order valence-corrected chi connectivity index (χ2v) is 5.81. The lowest BCUT2D eigenvalue weighted by atomic mass is 10.2. The number of hydrogen-bond acceptors (Lipinski definition) is 2. The van der Waals surface area contributed by atoms with Crippen LogP contribution in [-0.4, -0.2) is 20.9 Å². The molecule has 0 amide bonds. The van der Waals surface area contributed by atoms with Crippen molar-refractivity contribution >= 4 is 34.6 Å². The van der Waals surface area contributed by atoms with E-state index in [0.29, 0.717) is 17.7 Å². The van der Waals surface area contributed by atoms with Gasteiger partial charge < -0.3 is 10.6 Å². The normalized spacial score (nSPS) is 12.0. The predicted octanol–water partition coefficient (Wildman–Crippen LogP) is 3.67. The van der Waals surface area contributed by atoms with E-state index in [-0.39, 0.29) is 0 Å². The smallest absolute Gasteiger partial charge is 0.171 e. The summed E-state index contributed by atoms with van der Waals surface area (Å²) >= 11 is 11.1. The maximum Gasteiger partial charge on any atom is 0.171 e. The Morgan fingerprint density at radius 1 is 1.38 bits per heavy atom. The van der Waals surface area contributed by atoms with Gasteiger partial charge in [0.15, 0.2) is 5.11 Å². The van der Waals surface area contributed by atoms with Gasteiger partial charge in [0.05, 0.1) is 18.4 Å². The topological polar surface area (TPSA) is 41.9 Å². The largest absolute Gasteiger partial charge is 0.360 e. The van der Waals surface area contributed by atoms with Crippen LogP contribution in [0.5, 0.6) is 0 Å². The molecule has 2 aromatic rings. The number of thiocarbonyl (C=S) groups is 1. The van der Waals surface area contributed by atoms with Crippen LogP contribution in [0.2, 0.25) is 5.02 Å². The van der Waals surface area contributed by atoms with Crippen LogP contribution in [0.25, 0.3) is 0 Å². The number of rotatable bonds is 5. The van der Waals surface area contributed by atoms with Crippen LogP contribution >= 0.6 is 23.8 Å². The molecular formula is C15H19ClN4S. The van der Waals surface area contributed by atoms with E-state index in [9.17, 15) is 0 Å². The van der Waals surface area contributed by atoms with E-state index in [0.717, 1.165) is 22.7 Å². The van der Waals surface area contributed by atoms with Gasteiger partial charge in [0.25, 0.3) is 0 Å². The van der Waals surface area contributed by atoms with Gasteiger partial charge in [-0.15, -0.1) is 0 Å². The molecular weight excluding hydrogens is 304 g/mol. The van der Waals surface area contributed by atoms with Crippen LogP contribution in [0.15, 0.2) is 36.7 Å². The van der Waals surface area contributed by atoms with E-state index in [1.165, 1.54) is 0 Å². The van der Waals surface area contributed by atoms with Gasteiger partial charge in [-0.05, 0) is 43.3 Å². The van der Waals surface area contributed by atoms with Crippen molar-refractivity contribution in [2.45, 2.75) is 32.9 Å². The highest BCUT2D eigenvalue weighted by Gasteiger charge is 2.04. The number of anilines is 1. The molecule has 21 heavy (non-hydrogen) atoms. The first kappa shape index (κ1) is 15.8. The Labute approximate surface area is 135 Å². The van der Waals surface area contributed by atoms with Crippen molar-refractivity contribution in [2.24, 2.45) is 0 Å². The van der Waals surface area contributed by atoms with Gasteiger partial charge in [-0.25, -0.2) is 0 Å². The van der Waals surface area contributed by atoms with Crippen molar-refractivity contribution < 1.29 is 0 Å². The predicted molar refractivity (Wildman–Crippen MR) is 91.9 cm³/mol. The van der Waals surface area contributed by atoms with Crippen LogP contribution in [0.3, 0.4) is 0 Å². The molecule has 0 bridgehead atoms. The highest BCUT2D eigenvalue weighted by Crippen LogP contribution is 2.12. The van der Waals surface area contributed by atoms with Gasteiger partial charge in [-0.3, -0.25) is 4.68 Å². The molecule has 112 valence electrons. The maximum atomic E-state index is 5.88. The zero-order chi connectivity index (χ0) is 15.2. The average molecular weight is 323 g/mol. The number of benzene rings is 1. The zero-order valence-corrected chi connectivity index (χ0v) is 13.7. The lowest BCUT2D eigenvalue weighted by Crippen LogP contribution is -2.35. The van der Waals surface area contributed by atoms with Crippen LogP contribution in [0.4, 0.5) is 5.69 Å². The number of nitrogens with one attached hydrogen (secondary N) is 2. The summed E-state index contributed by atoms with van der Waals surface area (Å²) in [6, 6.07) is 8.10. The van der Waals surface area contributed by atoms with E-state index in [1.54, 1.807) is 6.20 Å². The maximum absolute atomic E-state index is 5.88. The van der Waals surface area contributed by atoms with Gasteiger partial charge in [-0.2, -0.15) is 5.10 Å². The molecule has 0 aliphatic rings. The van der Waals surface area contributed by atoms with Gasteiger partial charge in [0.1, 0.15) is 0 Å². The summed E-state index contributed by atoms with van der Waals surface area (Å²) < 4.78 is 1.86. The molecule has 4 nitrogen and oxygen atoms in total. The summed E-state index contributed by atoms with van der Waals surface area (Å²) in [6.45, 7) is 4.91. The van der Waals surface area contributed by atoms with Crippen LogP contribution in [-0.2, 0) is 6.54 Å². The Balaban J connectivity index is 1.92. The van der Waals surface area contributed by atoms with Crippen molar-refractivity contribution in [3.63, 3.8) is 0 Å².